The third-order valence-corrected chi connectivity index (χ3v) is 9.07. The van der Waals surface area contributed by atoms with E-state index >= 15 is 0 Å². The molecule has 11 heteroatoms. The van der Waals surface area contributed by atoms with Crippen LogP contribution in [0.2, 0.25) is 0 Å². The first kappa shape index (κ1) is 28.6. The topological polar surface area (TPSA) is 96.3 Å². The zero-order valence-corrected chi connectivity index (χ0v) is 25.3. The Morgan fingerprint density at radius 2 is 1.73 bits per heavy atom. The molecule has 2 aliphatic rings. The summed E-state index contributed by atoms with van der Waals surface area (Å²) < 4.78 is 5.18. The van der Waals surface area contributed by atoms with Crippen molar-refractivity contribution in [2.24, 2.45) is 7.05 Å². The molecular weight excluding hydrogens is 557 g/mol. The van der Waals surface area contributed by atoms with Crippen LogP contribution < -0.4 is 20.9 Å². The highest BCUT2D eigenvalue weighted by Crippen LogP contribution is 2.39. The Labute approximate surface area is 248 Å². The number of pyridine rings is 1. The number of thioether (sulfide) groups is 1. The highest BCUT2D eigenvalue weighted by molar-refractivity contribution is 8.27. The number of hydrogen-bond acceptors (Lipinski definition) is 7. The van der Waals surface area contributed by atoms with E-state index in [4.69, 9.17) is 12.2 Å². The highest BCUT2D eigenvalue weighted by atomic mass is 32.2. The van der Waals surface area contributed by atoms with Crippen LogP contribution in [0.5, 0.6) is 0 Å². The molecule has 0 aliphatic carbocycles. The van der Waals surface area contributed by atoms with Gasteiger partial charge < -0.3 is 4.90 Å². The third-order valence-electron chi connectivity index (χ3n) is 7.77. The van der Waals surface area contributed by atoms with Crippen molar-refractivity contribution in [3.63, 3.8) is 0 Å². The van der Waals surface area contributed by atoms with Gasteiger partial charge in [0.15, 0.2) is 4.32 Å². The molecule has 0 saturated carbocycles. The molecule has 0 radical (unpaired) electrons. The molecule has 212 valence electrons. The van der Waals surface area contributed by atoms with Crippen molar-refractivity contribution in [2.75, 3.05) is 22.9 Å². The lowest BCUT2D eigenvalue weighted by molar-refractivity contribution is -0.113. The third kappa shape index (κ3) is 4.85. The number of thiocarbonyl (C=S) groups is 1. The molecule has 0 atom stereocenters. The molecule has 4 heterocycles. The summed E-state index contributed by atoms with van der Waals surface area (Å²) in [5.41, 5.74) is 2.13. The summed E-state index contributed by atoms with van der Waals surface area (Å²) >= 11 is 6.78. The van der Waals surface area contributed by atoms with Crippen LogP contribution in [0, 0.1) is 25.2 Å². The van der Waals surface area contributed by atoms with Crippen molar-refractivity contribution in [1.82, 2.24) is 13.9 Å². The number of carbonyl (C=O) groups excluding carboxylic acids is 1. The van der Waals surface area contributed by atoms with E-state index in [0.29, 0.717) is 34.0 Å². The number of nitriles is 1. The van der Waals surface area contributed by atoms with Crippen LogP contribution in [0.3, 0.4) is 0 Å². The minimum Gasteiger partial charge on any atom is -0.357 e. The monoisotopic (exact) mass is 588 g/mol. The molecule has 2 fully saturated rings. The second-order valence-electron chi connectivity index (χ2n) is 10.3. The molecule has 9 nitrogen and oxygen atoms in total. The fourth-order valence-corrected chi connectivity index (χ4v) is 6.88. The van der Waals surface area contributed by atoms with Gasteiger partial charge in [-0.2, -0.15) is 5.26 Å². The molecule has 1 amide bonds. The highest BCUT2D eigenvalue weighted by Gasteiger charge is 2.38. The van der Waals surface area contributed by atoms with E-state index in [2.05, 4.69) is 11.0 Å². The summed E-state index contributed by atoms with van der Waals surface area (Å²) in [7, 11) is 1.77. The van der Waals surface area contributed by atoms with Gasteiger partial charge in [0.25, 0.3) is 17.0 Å². The van der Waals surface area contributed by atoms with Gasteiger partial charge in [-0.05, 0) is 63.3 Å². The van der Waals surface area contributed by atoms with E-state index in [1.807, 2.05) is 37.3 Å². The number of carbonyl (C=O) groups is 1. The molecule has 2 aromatic heterocycles. The number of benzene rings is 1. The van der Waals surface area contributed by atoms with Crippen molar-refractivity contribution in [2.45, 2.75) is 53.0 Å². The molecule has 2 saturated heterocycles. The molecule has 1 aromatic carbocycles. The minimum atomic E-state index is -0.401. The van der Waals surface area contributed by atoms with Crippen LogP contribution >= 0.6 is 24.0 Å². The maximum Gasteiger partial charge on any atom is 0.296 e. The Hall–Kier alpha value is -3.88. The van der Waals surface area contributed by atoms with Gasteiger partial charge in [0.1, 0.15) is 23.1 Å². The Kier molecular flexibility index (Phi) is 8.07. The van der Waals surface area contributed by atoms with Crippen LogP contribution in [-0.2, 0) is 18.4 Å². The molecule has 0 unspecified atom stereocenters. The maximum atomic E-state index is 14.0. The summed E-state index contributed by atoms with van der Waals surface area (Å²) in [6.45, 7) is 7.58. The van der Waals surface area contributed by atoms with Gasteiger partial charge >= 0.3 is 0 Å². The average molecular weight is 589 g/mol. The summed E-state index contributed by atoms with van der Waals surface area (Å²) in [6.07, 6.45) is 5.59. The van der Waals surface area contributed by atoms with E-state index in [0.717, 1.165) is 56.4 Å². The smallest absolute Gasteiger partial charge is 0.296 e. The van der Waals surface area contributed by atoms with Crippen molar-refractivity contribution in [1.29, 1.82) is 5.26 Å². The second-order valence-corrected chi connectivity index (χ2v) is 12.0. The van der Waals surface area contributed by atoms with Crippen LogP contribution in [-0.4, -0.2) is 37.2 Å². The number of amides is 1. The lowest BCUT2D eigenvalue weighted by atomic mass is 10.0. The first-order chi connectivity index (χ1) is 19.7. The zero-order chi connectivity index (χ0) is 29.4. The Morgan fingerprint density at radius 1 is 1.05 bits per heavy atom. The van der Waals surface area contributed by atoms with Gasteiger partial charge in [-0.3, -0.25) is 28.5 Å². The predicted octanol–water partition coefficient (Wildman–Crippen LogP) is 4.63. The van der Waals surface area contributed by atoms with Crippen molar-refractivity contribution < 1.29 is 4.79 Å². The van der Waals surface area contributed by atoms with Gasteiger partial charge in [0, 0.05) is 32.2 Å². The maximum absolute atomic E-state index is 14.0. The van der Waals surface area contributed by atoms with Crippen LogP contribution in [0.25, 0.3) is 11.8 Å². The van der Waals surface area contributed by atoms with Crippen LogP contribution in [0.4, 0.5) is 11.5 Å². The Morgan fingerprint density at radius 3 is 2.37 bits per heavy atom. The lowest BCUT2D eigenvalue weighted by Gasteiger charge is -2.33. The molecule has 0 bridgehead atoms. The molecule has 3 aromatic rings. The van der Waals surface area contributed by atoms with Crippen LogP contribution in [0.1, 0.15) is 55.0 Å². The summed E-state index contributed by atoms with van der Waals surface area (Å²) in [4.78, 5) is 44.9. The van der Waals surface area contributed by atoms with Gasteiger partial charge in [-0.25, -0.2) is 4.68 Å². The number of piperidine rings is 1. The van der Waals surface area contributed by atoms with E-state index in [9.17, 15) is 19.6 Å². The number of aromatic nitrogens is 3. The SMILES string of the molecule is CCCn1c(N2CCCCC2)c(C=C2SC(=S)N(c3c(C)n(C)n(-c4ccccc4)c3=O)C2=O)c(C)c(C#N)c1=O. The van der Waals surface area contributed by atoms with Crippen molar-refractivity contribution in [3.05, 3.63) is 78.3 Å². The second kappa shape index (κ2) is 11.5. The normalized spacial score (nSPS) is 16.6. The Bertz CT molecular complexity index is 1740. The first-order valence-electron chi connectivity index (χ1n) is 13.8. The lowest BCUT2D eigenvalue weighted by Crippen LogP contribution is -2.37. The van der Waals surface area contributed by atoms with E-state index in [1.165, 1.54) is 9.58 Å². The number of rotatable bonds is 6. The standard InChI is InChI=1S/C30H32N6O3S2/c1-5-14-34-26(33-15-10-7-11-16-33)22(19(2)23(18-31)27(34)37)17-24-28(38)35(30(40)41-24)25-20(3)32(4)36(29(25)39)21-12-8-6-9-13-21/h6,8-9,12-13,17H,5,7,10-11,14-16H2,1-4H3. The quantitative estimate of drug-likeness (QED) is 0.306. The minimum absolute atomic E-state index is 0.0746. The molecule has 41 heavy (non-hydrogen) atoms. The van der Waals surface area contributed by atoms with Gasteiger partial charge in [-0.15, -0.1) is 0 Å². The number of hydrogen-bond donors (Lipinski definition) is 0. The van der Waals surface area contributed by atoms with Gasteiger partial charge in [0.2, 0.25) is 0 Å². The Balaban J connectivity index is 1.66. The van der Waals surface area contributed by atoms with E-state index in [1.54, 1.807) is 36.2 Å². The fourth-order valence-electron chi connectivity index (χ4n) is 5.62. The summed E-state index contributed by atoms with van der Waals surface area (Å²) in [6, 6.07) is 11.3. The fraction of sp³-hybridized carbons (Fsp3) is 0.367. The largest absolute Gasteiger partial charge is 0.357 e. The van der Waals surface area contributed by atoms with Crippen LogP contribution in [0.15, 0.2) is 44.8 Å². The summed E-state index contributed by atoms with van der Waals surface area (Å²) in [5, 5.41) is 9.91. The van der Waals surface area contributed by atoms with Gasteiger partial charge in [0.05, 0.1) is 16.3 Å². The molecule has 0 N–H and O–H groups in total. The number of anilines is 2. The zero-order valence-electron chi connectivity index (χ0n) is 23.6. The van der Waals surface area contributed by atoms with E-state index < -0.39 is 5.91 Å². The molecule has 0 spiro atoms. The van der Waals surface area contributed by atoms with Crippen molar-refractivity contribution >= 4 is 51.8 Å². The number of para-hydroxylation sites is 1. The van der Waals surface area contributed by atoms with Gasteiger partial charge in [-0.1, -0.05) is 49.1 Å². The first-order valence-corrected chi connectivity index (χ1v) is 15.0. The number of nitrogens with zero attached hydrogens (tertiary/aromatic N) is 6. The van der Waals surface area contributed by atoms with Crippen molar-refractivity contribution in [3.8, 4) is 11.8 Å². The summed E-state index contributed by atoms with van der Waals surface area (Å²) in [5.74, 6) is 0.336. The predicted molar refractivity (Wildman–Crippen MR) is 168 cm³/mol. The molecule has 2 aliphatic heterocycles. The molecule has 5 rings (SSSR count). The molecular formula is C30H32N6O3S2. The van der Waals surface area contributed by atoms with E-state index in [-0.39, 0.29) is 26.7 Å². The average Bonchev–Trinajstić information content (AvgIpc) is 3.36.